The SMILES string of the molecule is CCC(CO)(CO)NC1CCC(C)(C)CC1. The van der Waals surface area contributed by atoms with E-state index in [0.717, 1.165) is 19.3 Å². The number of nitrogens with one attached hydrogen (secondary N) is 1. The van der Waals surface area contributed by atoms with Crippen LogP contribution in [0.5, 0.6) is 0 Å². The second-order valence-electron chi connectivity index (χ2n) is 6.03. The van der Waals surface area contributed by atoms with Crippen molar-refractivity contribution < 1.29 is 10.2 Å². The van der Waals surface area contributed by atoms with Gasteiger partial charge in [0.2, 0.25) is 0 Å². The molecule has 0 atom stereocenters. The van der Waals surface area contributed by atoms with Gasteiger partial charge in [0.05, 0.1) is 18.8 Å². The molecule has 0 aromatic carbocycles. The van der Waals surface area contributed by atoms with Crippen molar-refractivity contribution >= 4 is 0 Å². The summed E-state index contributed by atoms with van der Waals surface area (Å²) >= 11 is 0. The van der Waals surface area contributed by atoms with Crippen LogP contribution in [0.3, 0.4) is 0 Å². The topological polar surface area (TPSA) is 52.5 Å². The maximum absolute atomic E-state index is 9.39. The second-order valence-corrected chi connectivity index (χ2v) is 6.03. The molecular formula is C13H27NO2. The van der Waals surface area contributed by atoms with Gasteiger partial charge in [0, 0.05) is 6.04 Å². The zero-order valence-electron chi connectivity index (χ0n) is 10.9. The lowest BCUT2D eigenvalue weighted by atomic mass is 9.75. The molecular weight excluding hydrogens is 202 g/mol. The van der Waals surface area contributed by atoms with Crippen LogP contribution in [0.2, 0.25) is 0 Å². The standard InChI is InChI=1S/C13H27NO2/c1-4-13(9-15,10-16)14-11-5-7-12(2,3)8-6-11/h11,14-16H,4-10H2,1-3H3. The van der Waals surface area contributed by atoms with E-state index in [0.29, 0.717) is 11.5 Å². The summed E-state index contributed by atoms with van der Waals surface area (Å²) in [4.78, 5) is 0. The van der Waals surface area contributed by atoms with Crippen LogP contribution in [0.15, 0.2) is 0 Å². The lowest BCUT2D eigenvalue weighted by Crippen LogP contribution is -2.56. The van der Waals surface area contributed by atoms with Gasteiger partial charge in [-0.1, -0.05) is 20.8 Å². The second kappa shape index (κ2) is 5.48. The summed E-state index contributed by atoms with van der Waals surface area (Å²) in [5, 5.41) is 22.2. The Morgan fingerprint density at radius 3 is 2.06 bits per heavy atom. The fourth-order valence-corrected chi connectivity index (χ4v) is 2.44. The summed E-state index contributed by atoms with van der Waals surface area (Å²) < 4.78 is 0. The Morgan fingerprint density at radius 2 is 1.69 bits per heavy atom. The van der Waals surface area contributed by atoms with E-state index in [1.165, 1.54) is 12.8 Å². The monoisotopic (exact) mass is 229 g/mol. The van der Waals surface area contributed by atoms with Crippen LogP contribution in [0, 0.1) is 5.41 Å². The zero-order valence-corrected chi connectivity index (χ0v) is 10.9. The fraction of sp³-hybridized carbons (Fsp3) is 1.00. The van der Waals surface area contributed by atoms with Crippen LogP contribution in [-0.4, -0.2) is 35.0 Å². The Kier molecular flexibility index (Phi) is 4.77. The number of aliphatic hydroxyl groups is 2. The molecule has 3 nitrogen and oxygen atoms in total. The van der Waals surface area contributed by atoms with Gasteiger partial charge in [-0.2, -0.15) is 0 Å². The third kappa shape index (κ3) is 3.44. The third-order valence-electron chi connectivity index (χ3n) is 4.13. The van der Waals surface area contributed by atoms with Crippen molar-refractivity contribution in [3.05, 3.63) is 0 Å². The Morgan fingerprint density at radius 1 is 1.19 bits per heavy atom. The predicted molar refractivity (Wildman–Crippen MR) is 66.4 cm³/mol. The van der Waals surface area contributed by atoms with Crippen molar-refractivity contribution in [3.8, 4) is 0 Å². The normalized spacial score (nSPS) is 22.3. The summed E-state index contributed by atoms with van der Waals surface area (Å²) in [6.45, 7) is 6.66. The zero-order chi connectivity index (χ0) is 12.2. The average molecular weight is 229 g/mol. The van der Waals surface area contributed by atoms with Crippen LogP contribution in [0.4, 0.5) is 0 Å². The van der Waals surface area contributed by atoms with Gasteiger partial charge in [-0.05, 0) is 37.5 Å². The first-order valence-electron chi connectivity index (χ1n) is 6.46. The van der Waals surface area contributed by atoms with E-state index in [1.807, 2.05) is 6.92 Å². The van der Waals surface area contributed by atoms with Gasteiger partial charge in [-0.25, -0.2) is 0 Å². The van der Waals surface area contributed by atoms with Gasteiger partial charge in [-0.3, -0.25) is 0 Å². The molecule has 0 radical (unpaired) electrons. The van der Waals surface area contributed by atoms with E-state index in [4.69, 9.17) is 0 Å². The van der Waals surface area contributed by atoms with E-state index < -0.39 is 5.54 Å². The number of rotatable bonds is 5. The van der Waals surface area contributed by atoms with Crippen LogP contribution >= 0.6 is 0 Å². The molecule has 0 heterocycles. The van der Waals surface area contributed by atoms with Crippen molar-refractivity contribution in [1.82, 2.24) is 5.32 Å². The Hall–Kier alpha value is -0.120. The average Bonchev–Trinajstić information content (AvgIpc) is 2.29. The highest BCUT2D eigenvalue weighted by atomic mass is 16.3. The van der Waals surface area contributed by atoms with Crippen molar-refractivity contribution in [1.29, 1.82) is 0 Å². The molecule has 0 spiro atoms. The first-order chi connectivity index (χ1) is 7.47. The molecule has 1 saturated carbocycles. The highest BCUT2D eigenvalue weighted by molar-refractivity contribution is 4.91. The predicted octanol–water partition coefficient (Wildman–Crippen LogP) is 1.68. The van der Waals surface area contributed by atoms with Gasteiger partial charge >= 0.3 is 0 Å². The minimum Gasteiger partial charge on any atom is -0.394 e. The van der Waals surface area contributed by atoms with Crippen molar-refractivity contribution in [2.75, 3.05) is 13.2 Å². The summed E-state index contributed by atoms with van der Waals surface area (Å²) in [7, 11) is 0. The highest BCUT2D eigenvalue weighted by Gasteiger charge is 2.33. The Balaban J connectivity index is 2.48. The van der Waals surface area contributed by atoms with Gasteiger partial charge in [0.15, 0.2) is 0 Å². The quantitative estimate of drug-likeness (QED) is 0.672. The van der Waals surface area contributed by atoms with E-state index in [2.05, 4.69) is 19.2 Å². The van der Waals surface area contributed by atoms with Crippen molar-refractivity contribution in [3.63, 3.8) is 0 Å². The largest absolute Gasteiger partial charge is 0.394 e. The van der Waals surface area contributed by atoms with Gasteiger partial charge in [0.25, 0.3) is 0 Å². The van der Waals surface area contributed by atoms with Gasteiger partial charge < -0.3 is 15.5 Å². The molecule has 0 aromatic heterocycles. The van der Waals surface area contributed by atoms with Crippen molar-refractivity contribution in [2.45, 2.75) is 64.5 Å². The molecule has 1 fully saturated rings. The Bertz CT molecular complexity index is 194. The maximum atomic E-state index is 9.39. The van der Waals surface area contributed by atoms with Crippen molar-refractivity contribution in [2.24, 2.45) is 5.41 Å². The fourth-order valence-electron chi connectivity index (χ4n) is 2.44. The molecule has 0 amide bonds. The molecule has 1 aliphatic carbocycles. The van der Waals surface area contributed by atoms with Gasteiger partial charge in [-0.15, -0.1) is 0 Å². The molecule has 16 heavy (non-hydrogen) atoms. The van der Waals surface area contributed by atoms with E-state index in [1.54, 1.807) is 0 Å². The van der Waals surface area contributed by atoms with Crippen LogP contribution in [0.25, 0.3) is 0 Å². The first-order valence-corrected chi connectivity index (χ1v) is 6.46. The van der Waals surface area contributed by atoms with E-state index in [9.17, 15) is 10.2 Å². The lowest BCUT2D eigenvalue weighted by Gasteiger charge is -2.40. The molecule has 0 aromatic rings. The minimum absolute atomic E-state index is 0.0138. The summed E-state index contributed by atoms with van der Waals surface area (Å²) in [5.74, 6) is 0. The third-order valence-corrected chi connectivity index (χ3v) is 4.13. The molecule has 96 valence electrons. The van der Waals surface area contributed by atoms with Gasteiger partial charge in [0.1, 0.15) is 0 Å². The molecule has 0 aliphatic heterocycles. The molecule has 1 aliphatic rings. The molecule has 0 bridgehead atoms. The minimum atomic E-state index is -0.480. The number of hydrogen-bond donors (Lipinski definition) is 3. The Labute approximate surface area is 99.3 Å². The number of aliphatic hydroxyl groups excluding tert-OH is 2. The summed E-state index contributed by atoms with van der Waals surface area (Å²) in [6.07, 6.45) is 5.51. The van der Waals surface area contributed by atoms with E-state index >= 15 is 0 Å². The maximum Gasteiger partial charge on any atom is 0.0647 e. The van der Waals surface area contributed by atoms with E-state index in [-0.39, 0.29) is 13.2 Å². The smallest absolute Gasteiger partial charge is 0.0647 e. The summed E-state index contributed by atoms with van der Waals surface area (Å²) in [5.41, 5.74) is -0.0162. The highest BCUT2D eigenvalue weighted by Crippen LogP contribution is 2.35. The summed E-state index contributed by atoms with van der Waals surface area (Å²) in [6, 6.07) is 0.451. The van der Waals surface area contributed by atoms with Crippen LogP contribution in [0.1, 0.15) is 52.9 Å². The molecule has 0 unspecified atom stereocenters. The molecule has 0 saturated heterocycles. The van der Waals surface area contributed by atoms with Crippen LogP contribution in [-0.2, 0) is 0 Å². The lowest BCUT2D eigenvalue weighted by molar-refractivity contribution is 0.0647. The molecule has 3 heteroatoms. The van der Waals surface area contributed by atoms with Crippen LogP contribution < -0.4 is 5.32 Å². The first kappa shape index (κ1) is 13.9. The number of hydrogen-bond acceptors (Lipinski definition) is 3. The molecule has 3 N–H and O–H groups in total. The molecule has 1 rings (SSSR count).